The normalized spacial score (nSPS) is 13.7. The number of nitro groups is 1. The average Bonchev–Trinajstić information content (AvgIpc) is 3.68. The molecule has 0 aliphatic heterocycles. The van der Waals surface area contributed by atoms with Crippen molar-refractivity contribution in [3.8, 4) is 12.3 Å². The molecule has 0 spiro atoms. The predicted molar refractivity (Wildman–Crippen MR) is 163 cm³/mol. The molecule has 12 nitrogen and oxygen atoms in total. The molecule has 3 heterocycles. The molecule has 0 aliphatic rings. The first-order valence-electron chi connectivity index (χ1n) is 13.3. The van der Waals surface area contributed by atoms with Crippen LogP contribution in [0.5, 0.6) is 0 Å². The van der Waals surface area contributed by atoms with Gasteiger partial charge >= 0.3 is 5.97 Å². The summed E-state index contributed by atoms with van der Waals surface area (Å²) in [7, 11) is 0. The van der Waals surface area contributed by atoms with Crippen LogP contribution < -0.4 is 0 Å². The first-order chi connectivity index (χ1) is 20.7. The Labute approximate surface area is 262 Å². The lowest BCUT2D eigenvalue weighted by Gasteiger charge is -2.32. The lowest BCUT2D eigenvalue weighted by molar-refractivity contribution is -0.384. The Morgan fingerprint density at radius 2 is 1.95 bits per heavy atom. The number of hydrogen-bond donors (Lipinski definition) is 0. The molecule has 0 amide bonds. The van der Waals surface area contributed by atoms with Crippen LogP contribution in [0.15, 0.2) is 41.5 Å². The highest BCUT2D eigenvalue weighted by molar-refractivity contribution is 7.07. The van der Waals surface area contributed by atoms with Crippen molar-refractivity contribution < 1.29 is 23.9 Å². The first-order valence-corrected chi connectivity index (χ1v) is 15.0. The highest BCUT2D eigenvalue weighted by Gasteiger charge is 2.45. The molecular formula is C28H30Cl2N6O6S. The van der Waals surface area contributed by atoms with Crippen molar-refractivity contribution in [3.63, 3.8) is 0 Å². The number of terminal acetylenes is 1. The van der Waals surface area contributed by atoms with Crippen molar-refractivity contribution in [1.29, 1.82) is 0 Å². The third kappa shape index (κ3) is 8.04. The second kappa shape index (κ2) is 15.7. The zero-order valence-corrected chi connectivity index (χ0v) is 26.2. The molecule has 3 atom stereocenters. The van der Waals surface area contributed by atoms with Crippen LogP contribution in [0.1, 0.15) is 51.6 Å². The van der Waals surface area contributed by atoms with Gasteiger partial charge in [-0.05, 0) is 31.0 Å². The summed E-state index contributed by atoms with van der Waals surface area (Å²) in [4.78, 5) is 40.8. The molecule has 43 heavy (non-hydrogen) atoms. The van der Waals surface area contributed by atoms with Gasteiger partial charge in [-0.2, -0.15) is 4.98 Å². The fourth-order valence-corrected chi connectivity index (χ4v) is 5.12. The van der Waals surface area contributed by atoms with Crippen LogP contribution in [0.4, 0.5) is 5.69 Å². The molecule has 0 saturated heterocycles. The number of nitrogens with zero attached hydrogens (tertiary/aromatic N) is 6. The van der Waals surface area contributed by atoms with Gasteiger partial charge in [-0.3, -0.25) is 14.7 Å². The van der Waals surface area contributed by atoms with E-state index in [1.54, 1.807) is 41.4 Å². The van der Waals surface area contributed by atoms with Crippen molar-refractivity contribution >= 4 is 57.4 Å². The molecule has 3 aromatic heterocycles. The maximum absolute atomic E-state index is 13.5. The zero-order chi connectivity index (χ0) is 31.6. The number of nitro benzene ring substituents is 1. The second-order valence-corrected chi connectivity index (χ2v) is 10.2. The molecule has 0 aliphatic carbocycles. The van der Waals surface area contributed by atoms with Crippen LogP contribution in [0.25, 0.3) is 11.2 Å². The number of rotatable bonds is 13. The van der Waals surface area contributed by atoms with Gasteiger partial charge in [0.1, 0.15) is 11.7 Å². The minimum atomic E-state index is -1.65. The second-order valence-electron chi connectivity index (χ2n) is 8.75. The number of benzene rings is 1. The summed E-state index contributed by atoms with van der Waals surface area (Å²) < 4.78 is 19.6. The summed E-state index contributed by atoms with van der Waals surface area (Å²) in [5, 5.41) is 12.8. The van der Waals surface area contributed by atoms with E-state index in [0.717, 1.165) is 0 Å². The molecule has 15 heteroatoms. The summed E-state index contributed by atoms with van der Waals surface area (Å²) in [6.07, 6.45) is 5.92. The topological polar surface area (TPSA) is 144 Å². The minimum absolute atomic E-state index is 0.00808. The number of halogens is 2. The summed E-state index contributed by atoms with van der Waals surface area (Å²) in [6.45, 7) is 7.46. The van der Waals surface area contributed by atoms with E-state index >= 15 is 0 Å². The number of esters is 1. The van der Waals surface area contributed by atoms with E-state index < -0.39 is 28.8 Å². The lowest BCUT2D eigenvalue weighted by Crippen LogP contribution is -2.44. The van der Waals surface area contributed by atoms with Gasteiger partial charge in [0.2, 0.25) is 10.9 Å². The Hall–Kier alpha value is -3.67. The number of fused-ring (bicyclic) bond motifs is 1. The van der Waals surface area contributed by atoms with Crippen molar-refractivity contribution in [2.75, 3.05) is 13.2 Å². The Balaban J connectivity index is 0.00000248. The molecular weight excluding hydrogens is 619 g/mol. The summed E-state index contributed by atoms with van der Waals surface area (Å²) in [6, 6.07) is 5.85. The van der Waals surface area contributed by atoms with Crippen LogP contribution in [0.3, 0.4) is 0 Å². The Bertz CT molecular complexity index is 1560. The van der Waals surface area contributed by atoms with Crippen molar-refractivity contribution in [1.82, 2.24) is 24.5 Å². The maximum atomic E-state index is 13.5. The van der Waals surface area contributed by atoms with Gasteiger partial charge in [0.25, 0.3) is 5.69 Å². The number of carbonyl (C=O) groups is 1. The highest BCUT2D eigenvalue weighted by atomic mass is 35.5. The number of thiazole rings is 1. The molecule has 1 aromatic carbocycles. The van der Waals surface area contributed by atoms with Gasteiger partial charge in [-0.1, -0.05) is 37.6 Å². The van der Waals surface area contributed by atoms with Crippen LogP contribution >= 0.6 is 34.5 Å². The third-order valence-corrected chi connectivity index (χ3v) is 6.98. The number of carbonyl (C=O) groups excluding carboxylic acids is 1. The highest BCUT2D eigenvalue weighted by Crippen LogP contribution is 2.34. The average molecular weight is 650 g/mol. The number of ether oxygens (including phenoxy) is 3. The number of imidazole rings is 1. The van der Waals surface area contributed by atoms with Crippen LogP contribution in [0.2, 0.25) is 10.4 Å². The van der Waals surface area contributed by atoms with E-state index in [1.165, 1.54) is 29.8 Å². The van der Waals surface area contributed by atoms with Crippen LogP contribution in [-0.4, -0.2) is 54.7 Å². The van der Waals surface area contributed by atoms with Crippen LogP contribution in [0, 0.1) is 22.5 Å². The smallest absolute Gasteiger partial charge is 0.345 e. The quantitative estimate of drug-likeness (QED) is 0.0412. The van der Waals surface area contributed by atoms with Crippen molar-refractivity contribution in [3.05, 3.63) is 73.3 Å². The van der Waals surface area contributed by atoms with Crippen LogP contribution in [-0.2, 0) is 31.0 Å². The first kappa shape index (κ1) is 33.8. The van der Waals surface area contributed by atoms with E-state index in [1.807, 2.05) is 13.8 Å². The summed E-state index contributed by atoms with van der Waals surface area (Å²) in [5.41, 5.74) is 1.46. The van der Waals surface area contributed by atoms with Gasteiger partial charge in [-0.15, -0.1) is 23.7 Å². The molecule has 0 radical (unpaired) electrons. The fraction of sp³-hybridized carbons (Fsp3) is 0.393. The van der Waals surface area contributed by atoms with Gasteiger partial charge in [0, 0.05) is 23.9 Å². The van der Waals surface area contributed by atoms with E-state index in [4.69, 9.17) is 43.8 Å². The molecule has 3 unspecified atom stereocenters. The Morgan fingerprint density at radius 1 is 1.23 bits per heavy atom. The number of aromatic nitrogens is 5. The predicted octanol–water partition coefficient (Wildman–Crippen LogP) is 6.17. The number of non-ortho nitro benzene ring substituents is 1. The van der Waals surface area contributed by atoms with E-state index in [2.05, 4.69) is 25.9 Å². The molecule has 0 saturated carbocycles. The van der Waals surface area contributed by atoms with Gasteiger partial charge in [-0.25, -0.2) is 19.7 Å². The van der Waals surface area contributed by atoms with Gasteiger partial charge in [0.05, 0.1) is 48.2 Å². The molecule has 0 N–H and O–H groups in total. The van der Waals surface area contributed by atoms with E-state index in [-0.39, 0.29) is 42.2 Å². The fourth-order valence-electron chi connectivity index (χ4n) is 4.08. The zero-order valence-electron chi connectivity index (χ0n) is 23.9. The van der Waals surface area contributed by atoms with Crippen molar-refractivity contribution in [2.45, 2.75) is 58.5 Å². The largest absolute Gasteiger partial charge is 0.464 e. The van der Waals surface area contributed by atoms with Gasteiger partial charge in [0.15, 0.2) is 10.8 Å². The third-order valence-electron chi connectivity index (χ3n) is 5.96. The number of hydrogen-bond acceptors (Lipinski definition) is 11. The summed E-state index contributed by atoms with van der Waals surface area (Å²) >= 11 is 13.5. The SMILES string of the molecule is C#CCC(OC(C)COC(Cc1ccc([N+](=O)[O-])cc1)(C(=O)OCC)c1cscn1)n1cnc2c(Cl)nc(Cl)nc21.CC. The summed E-state index contributed by atoms with van der Waals surface area (Å²) in [5.74, 6) is 1.92. The molecule has 0 fully saturated rings. The van der Waals surface area contributed by atoms with Gasteiger partial charge < -0.3 is 14.2 Å². The Morgan fingerprint density at radius 3 is 2.56 bits per heavy atom. The van der Waals surface area contributed by atoms with Crippen molar-refractivity contribution in [2.24, 2.45) is 0 Å². The maximum Gasteiger partial charge on any atom is 0.345 e. The Kier molecular flexibility index (Phi) is 12.4. The monoisotopic (exact) mass is 648 g/mol. The molecule has 4 rings (SSSR count). The van der Waals surface area contributed by atoms with E-state index in [9.17, 15) is 14.9 Å². The van der Waals surface area contributed by atoms with E-state index in [0.29, 0.717) is 22.4 Å². The molecule has 228 valence electrons. The molecule has 0 bridgehead atoms. The molecule has 4 aromatic rings. The minimum Gasteiger partial charge on any atom is -0.464 e. The standard InChI is InChI=1S/C26H24Cl2N6O6S.C2H6/c1-4-6-20(33-14-29-21-22(27)31-25(28)32-23(21)33)40-16(3)12-39-26(24(35)38-5-2,19-13-41-15-30-19)11-17-7-9-18(10-8-17)34(36)37;1-2/h1,7-10,13-16,20H,5-6,11-12H2,2-3H3;1-2H3. The lowest BCUT2D eigenvalue weighted by atomic mass is 9.91.